The number of halogens is 1. The Balaban J connectivity index is 2.47. The molecule has 0 radical (unpaired) electrons. The molecule has 0 N–H and O–H groups in total. The smallest absolute Gasteiger partial charge is 0.237 e. The lowest BCUT2D eigenvalue weighted by Gasteiger charge is -2.16. The van der Waals surface area contributed by atoms with E-state index in [1.54, 1.807) is 11.9 Å². The van der Waals surface area contributed by atoms with Crippen LogP contribution in [0.1, 0.15) is 25.3 Å². The van der Waals surface area contributed by atoms with E-state index < -0.39 is 0 Å². The second-order valence-corrected chi connectivity index (χ2v) is 4.50. The van der Waals surface area contributed by atoms with Crippen LogP contribution < -0.4 is 4.74 Å². The van der Waals surface area contributed by atoms with Crippen molar-refractivity contribution in [3.8, 4) is 5.75 Å². The second-order valence-electron chi connectivity index (χ2n) is 4.23. The number of alkyl halides is 1. The van der Waals surface area contributed by atoms with Crippen molar-refractivity contribution in [3.05, 3.63) is 29.8 Å². The van der Waals surface area contributed by atoms with E-state index in [4.69, 9.17) is 16.3 Å². The fourth-order valence-electron chi connectivity index (χ4n) is 1.49. The van der Waals surface area contributed by atoms with Gasteiger partial charge in [-0.1, -0.05) is 25.5 Å². The van der Waals surface area contributed by atoms with Crippen LogP contribution in [0.5, 0.6) is 5.75 Å². The number of benzene rings is 1. The van der Waals surface area contributed by atoms with Crippen LogP contribution in [0.4, 0.5) is 0 Å². The number of ether oxygens (including phenoxy) is 1. The fourth-order valence-corrected chi connectivity index (χ4v) is 1.69. The Bertz CT molecular complexity index is 365. The normalized spacial score (nSPS) is 10.2. The summed E-state index contributed by atoms with van der Waals surface area (Å²) in [5, 5.41) is 0. The first-order chi connectivity index (χ1) is 8.67. The lowest BCUT2D eigenvalue weighted by atomic mass is 10.2. The average molecular weight is 270 g/mol. The van der Waals surface area contributed by atoms with Crippen LogP contribution in [0.3, 0.4) is 0 Å². The summed E-state index contributed by atoms with van der Waals surface area (Å²) in [6.07, 6.45) is 2.19. The van der Waals surface area contributed by atoms with Crippen LogP contribution in [0.25, 0.3) is 0 Å². The second kappa shape index (κ2) is 7.98. The molecule has 0 aliphatic rings. The summed E-state index contributed by atoms with van der Waals surface area (Å²) in [7, 11) is 1.75. The molecule has 4 heteroatoms. The molecule has 0 saturated heterocycles. The topological polar surface area (TPSA) is 29.5 Å². The maximum atomic E-state index is 11.3. The molecule has 0 aromatic heterocycles. The Kier molecular flexibility index (Phi) is 6.58. The molecule has 1 aromatic carbocycles. The molecule has 0 spiro atoms. The van der Waals surface area contributed by atoms with Crippen LogP contribution in [-0.4, -0.2) is 30.3 Å². The van der Waals surface area contributed by atoms with Gasteiger partial charge in [0, 0.05) is 13.6 Å². The molecular formula is C14H20ClNO2. The summed E-state index contributed by atoms with van der Waals surface area (Å²) in [5.41, 5.74) is 1.07. The number of nitrogens with zero attached hydrogens (tertiary/aromatic N) is 1. The van der Waals surface area contributed by atoms with Crippen LogP contribution in [-0.2, 0) is 11.3 Å². The molecule has 100 valence electrons. The first-order valence-electron chi connectivity index (χ1n) is 6.19. The van der Waals surface area contributed by atoms with Crippen molar-refractivity contribution >= 4 is 17.5 Å². The molecule has 0 aliphatic heterocycles. The Morgan fingerprint density at radius 2 is 2.00 bits per heavy atom. The van der Waals surface area contributed by atoms with Crippen LogP contribution >= 0.6 is 11.6 Å². The van der Waals surface area contributed by atoms with Gasteiger partial charge < -0.3 is 9.64 Å². The Hall–Kier alpha value is -1.22. The number of unbranched alkanes of at least 4 members (excludes halogenated alkanes) is 1. The lowest BCUT2D eigenvalue weighted by Crippen LogP contribution is -2.26. The van der Waals surface area contributed by atoms with Crippen molar-refractivity contribution in [2.45, 2.75) is 26.3 Å². The van der Waals surface area contributed by atoms with Gasteiger partial charge in [0.05, 0.1) is 6.61 Å². The minimum atomic E-state index is -0.0695. The number of carbonyl (C=O) groups is 1. The van der Waals surface area contributed by atoms with Crippen LogP contribution in [0.15, 0.2) is 24.3 Å². The van der Waals surface area contributed by atoms with E-state index in [0.717, 1.165) is 30.8 Å². The molecule has 0 aliphatic carbocycles. The van der Waals surface area contributed by atoms with Gasteiger partial charge in [-0.2, -0.15) is 0 Å². The summed E-state index contributed by atoms with van der Waals surface area (Å²) in [4.78, 5) is 12.9. The van der Waals surface area contributed by atoms with E-state index >= 15 is 0 Å². The number of rotatable bonds is 7. The zero-order valence-electron chi connectivity index (χ0n) is 11.0. The van der Waals surface area contributed by atoms with Crippen LogP contribution in [0, 0.1) is 0 Å². The fraction of sp³-hybridized carbons (Fsp3) is 0.500. The summed E-state index contributed by atoms with van der Waals surface area (Å²) in [5.74, 6) is 0.827. The van der Waals surface area contributed by atoms with Crippen LogP contribution in [0.2, 0.25) is 0 Å². The van der Waals surface area contributed by atoms with Gasteiger partial charge in [0.15, 0.2) is 0 Å². The third-order valence-electron chi connectivity index (χ3n) is 2.65. The first kappa shape index (κ1) is 14.8. The number of carbonyl (C=O) groups excluding carboxylic acids is 1. The third kappa shape index (κ3) is 4.96. The SMILES string of the molecule is CCCCOc1ccc(CN(C)C(=O)CCl)cc1. The molecular weight excluding hydrogens is 250 g/mol. The van der Waals surface area contributed by atoms with Crippen molar-refractivity contribution in [2.24, 2.45) is 0 Å². The van der Waals surface area contributed by atoms with Gasteiger partial charge in [-0.15, -0.1) is 11.6 Å². The Morgan fingerprint density at radius 3 is 2.56 bits per heavy atom. The standard InChI is InChI=1S/C14H20ClNO2/c1-3-4-9-18-13-7-5-12(6-8-13)11-16(2)14(17)10-15/h5-8H,3-4,9-11H2,1-2H3. The molecule has 0 heterocycles. The minimum absolute atomic E-state index is 0.0225. The molecule has 0 unspecified atom stereocenters. The van der Waals surface area contributed by atoms with E-state index in [9.17, 15) is 4.79 Å². The highest BCUT2D eigenvalue weighted by atomic mass is 35.5. The molecule has 3 nitrogen and oxygen atoms in total. The number of hydrogen-bond donors (Lipinski definition) is 0. The summed E-state index contributed by atoms with van der Waals surface area (Å²) >= 11 is 5.50. The highest BCUT2D eigenvalue weighted by molar-refractivity contribution is 6.27. The van der Waals surface area contributed by atoms with Crippen molar-refractivity contribution in [2.75, 3.05) is 19.5 Å². The lowest BCUT2D eigenvalue weighted by molar-refractivity contribution is -0.127. The Morgan fingerprint density at radius 1 is 1.33 bits per heavy atom. The number of amides is 1. The highest BCUT2D eigenvalue weighted by Gasteiger charge is 2.07. The van der Waals surface area contributed by atoms with E-state index in [1.165, 1.54) is 0 Å². The van der Waals surface area contributed by atoms with Crippen molar-refractivity contribution < 1.29 is 9.53 Å². The summed E-state index contributed by atoms with van der Waals surface area (Å²) in [6.45, 7) is 3.46. The monoisotopic (exact) mass is 269 g/mol. The van der Waals surface area contributed by atoms with Crippen molar-refractivity contribution in [3.63, 3.8) is 0 Å². The van der Waals surface area contributed by atoms with Crippen molar-refractivity contribution in [1.82, 2.24) is 4.90 Å². The highest BCUT2D eigenvalue weighted by Crippen LogP contribution is 2.14. The van der Waals surface area contributed by atoms with E-state index in [2.05, 4.69) is 6.92 Å². The van der Waals surface area contributed by atoms with Gasteiger partial charge in [0.2, 0.25) is 5.91 Å². The van der Waals surface area contributed by atoms with Gasteiger partial charge in [0.25, 0.3) is 0 Å². The molecule has 0 fully saturated rings. The van der Waals surface area contributed by atoms with Gasteiger partial charge in [-0.25, -0.2) is 0 Å². The van der Waals surface area contributed by atoms with Gasteiger partial charge in [-0.3, -0.25) is 4.79 Å². The molecule has 0 saturated carbocycles. The van der Waals surface area contributed by atoms with Gasteiger partial charge in [0.1, 0.15) is 11.6 Å². The molecule has 0 atom stereocenters. The maximum Gasteiger partial charge on any atom is 0.237 e. The van der Waals surface area contributed by atoms with E-state index in [1.807, 2.05) is 24.3 Å². The minimum Gasteiger partial charge on any atom is -0.494 e. The maximum absolute atomic E-state index is 11.3. The summed E-state index contributed by atoms with van der Waals surface area (Å²) in [6, 6.07) is 7.81. The largest absolute Gasteiger partial charge is 0.494 e. The third-order valence-corrected chi connectivity index (χ3v) is 2.88. The zero-order valence-corrected chi connectivity index (χ0v) is 11.7. The molecule has 0 bridgehead atoms. The van der Waals surface area contributed by atoms with E-state index in [-0.39, 0.29) is 11.8 Å². The molecule has 1 amide bonds. The van der Waals surface area contributed by atoms with Gasteiger partial charge >= 0.3 is 0 Å². The first-order valence-corrected chi connectivity index (χ1v) is 6.72. The molecule has 18 heavy (non-hydrogen) atoms. The predicted octanol–water partition coefficient (Wildman–Crippen LogP) is 3.06. The quantitative estimate of drug-likeness (QED) is 0.562. The predicted molar refractivity (Wildman–Crippen MR) is 74.0 cm³/mol. The average Bonchev–Trinajstić information content (AvgIpc) is 2.40. The van der Waals surface area contributed by atoms with Crippen molar-refractivity contribution in [1.29, 1.82) is 0 Å². The Labute approximate surface area is 114 Å². The molecule has 1 rings (SSSR count). The van der Waals surface area contributed by atoms with E-state index in [0.29, 0.717) is 6.54 Å². The van der Waals surface area contributed by atoms with Gasteiger partial charge in [-0.05, 0) is 24.1 Å². The molecule has 1 aromatic rings. The number of hydrogen-bond acceptors (Lipinski definition) is 2. The zero-order chi connectivity index (χ0) is 13.4. The summed E-state index contributed by atoms with van der Waals surface area (Å²) < 4.78 is 5.57.